The number of guanidine groups is 1. The Labute approximate surface area is 120 Å². The number of benzene rings is 1. The molecule has 1 aliphatic carbocycles. The number of rotatable bonds is 2. The summed E-state index contributed by atoms with van der Waals surface area (Å²) in [6.45, 7) is 0. The van der Waals surface area contributed by atoms with Gasteiger partial charge in [-0.2, -0.15) is 0 Å². The monoisotopic (exact) mass is 330 g/mol. The van der Waals surface area contributed by atoms with Crippen LogP contribution in [0.5, 0.6) is 0 Å². The topological polar surface area (TPSA) is 62.4 Å². The standard InChI is InChI=1S/C12H16BrClN4/c13-8-5-6-11(10(14)7-8)17-12(18-15)16-9-3-1-2-4-9/h5-7,9H,1-4,15H2,(H2,16,17,18). The summed E-state index contributed by atoms with van der Waals surface area (Å²) in [5, 5.41) is 3.74. The van der Waals surface area contributed by atoms with E-state index in [0.29, 0.717) is 17.0 Å². The van der Waals surface area contributed by atoms with Crippen molar-refractivity contribution in [1.82, 2.24) is 5.43 Å². The van der Waals surface area contributed by atoms with Gasteiger partial charge in [-0.3, -0.25) is 5.43 Å². The Bertz CT molecular complexity index is 444. The van der Waals surface area contributed by atoms with E-state index in [1.807, 2.05) is 18.2 Å². The van der Waals surface area contributed by atoms with Gasteiger partial charge in [-0.05, 0) is 31.0 Å². The fourth-order valence-corrected chi connectivity index (χ4v) is 2.76. The first-order chi connectivity index (χ1) is 8.69. The maximum atomic E-state index is 6.13. The molecule has 1 aromatic rings. The van der Waals surface area contributed by atoms with E-state index in [2.05, 4.69) is 31.7 Å². The van der Waals surface area contributed by atoms with Crippen LogP contribution < -0.4 is 16.6 Å². The van der Waals surface area contributed by atoms with Crippen molar-refractivity contribution >= 4 is 39.2 Å². The van der Waals surface area contributed by atoms with Gasteiger partial charge in [0.2, 0.25) is 5.96 Å². The van der Waals surface area contributed by atoms with Gasteiger partial charge < -0.3 is 5.32 Å². The average molecular weight is 332 g/mol. The third-order valence-electron chi connectivity index (χ3n) is 2.96. The van der Waals surface area contributed by atoms with Crippen LogP contribution in [0.1, 0.15) is 25.7 Å². The zero-order chi connectivity index (χ0) is 13.0. The minimum absolute atomic E-state index is 0.359. The number of hydrogen-bond donors (Lipinski definition) is 3. The summed E-state index contributed by atoms with van der Waals surface area (Å²) < 4.78 is 0.938. The van der Waals surface area contributed by atoms with Crippen molar-refractivity contribution in [3.63, 3.8) is 0 Å². The highest BCUT2D eigenvalue weighted by atomic mass is 79.9. The third-order valence-corrected chi connectivity index (χ3v) is 3.76. The number of anilines is 1. The van der Waals surface area contributed by atoms with E-state index in [1.165, 1.54) is 12.8 Å². The van der Waals surface area contributed by atoms with Crippen LogP contribution in [0.25, 0.3) is 0 Å². The minimum atomic E-state index is 0.359. The molecule has 18 heavy (non-hydrogen) atoms. The van der Waals surface area contributed by atoms with Gasteiger partial charge in [-0.1, -0.05) is 40.4 Å². The summed E-state index contributed by atoms with van der Waals surface area (Å²) in [7, 11) is 0. The molecule has 0 unspecified atom stereocenters. The quantitative estimate of drug-likeness (QED) is 0.337. The van der Waals surface area contributed by atoms with Crippen LogP contribution in [0.4, 0.5) is 5.69 Å². The Morgan fingerprint density at radius 2 is 2.11 bits per heavy atom. The van der Waals surface area contributed by atoms with Crippen LogP contribution in [-0.2, 0) is 0 Å². The van der Waals surface area contributed by atoms with E-state index in [0.717, 1.165) is 23.0 Å². The van der Waals surface area contributed by atoms with Crippen molar-refractivity contribution < 1.29 is 0 Å². The summed E-state index contributed by atoms with van der Waals surface area (Å²) >= 11 is 9.50. The van der Waals surface area contributed by atoms with Gasteiger partial charge in [0.15, 0.2) is 0 Å². The zero-order valence-corrected chi connectivity index (χ0v) is 12.3. The van der Waals surface area contributed by atoms with Crippen molar-refractivity contribution in [3.8, 4) is 0 Å². The van der Waals surface area contributed by atoms with Crippen molar-refractivity contribution in [2.45, 2.75) is 31.7 Å². The van der Waals surface area contributed by atoms with Crippen LogP contribution in [-0.4, -0.2) is 12.0 Å². The molecule has 1 aliphatic rings. The average Bonchev–Trinajstić information content (AvgIpc) is 2.84. The second kappa shape index (κ2) is 6.41. The van der Waals surface area contributed by atoms with E-state index >= 15 is 0 Å². The van der Waals surface area contributed by atoms with Crippen LogP contribution >= 0.6 is 27.5 Å². The van der Waals surface area contributed by atoms with Crippen molar-refractivity contribution in [2.75, 3.05) is 5.32 Å². The van der Waals surface area contributed by atoms with E-state index < -0.39 is 0 Å². The van der Waals surface area contributed by atoms with Crippen LogP contribution in [0.15, 0.2) is 27.7 Å². The summed E-state index contributed by atoms with van der Waals surface area (Å²) in [6.07, 6.45) is 4.73. The molecule has 0 bridgehead atoms. The molecule has 0 atom stereocenters. The van der Waals surface area contributed by atoms with Crippen LogP contribution in [0, 0.1) is 0 Å². The number of hydrazine groups is 1. The molecule has 1 fully saturated rings. The normalized spacial score (nSPS) is 16.9. The summed E-state index contributed by atoms with van der Waals surface area (Å²) in [5.74, 6) is 6.04. The minimum Gasteiger partial charge on any atom is -0.324 e. The SMILES string of the molecule is NNC(=NC1CCCC1)Nc1ccc(Br)cc1Cl. The molecular formula is C12H16BrClN4. The molecule has 4 nitrogen and oxygen atoms in total. The molecule has 0 aliphatic heterocycles. The highest BCUT2D eigenvalue weighted by Crippen LogP contribution is 2.26. The Morgan fingerprint density at radius 3 is 2.72 bits per heavy atom. The van der Waals surface area contributed by atoms with Gasteiger partial charge in [-0.25, -0.2) is 10.8 Å². The number of halogens is 2. The second-order valence-corrected chi connectivity index (χ2v) is 5.63. The molecule has 0 radical (unpaired) electrons. The number of nitrogens with two attached hydrogens (primary N) is 1. The Kier molecular flexibility index (Phi) is 4.86. The summed E-state index contributed by atoms with van der Waals surface area (Å²) in [5.41, 5.74) is 3.37. The smallest absolute Gasteiger partial charge is 0.210 e. The highest BCUT2D eigenvalue weighted by Gasteiger charge is 2.14. The molecule has 0 saturated heterocycles. The van der Waals surface area contributed by atoms with Crippen LogP contribution in [0.3, 0.4) is 0 Å². The Hall–Kier alpha value is -0.780. The predicted molar refractivity (Wildman–Crippen MR) is 79.8 cm³/mol. The lowest BCUT2D eigenvalue weighted by atomic mass is 10.3. The Morgan fingerprint density at radius 1 is 1.39 bits per heavy atom. The first kappa shape index (κ1) is 13.6. The molecule has 1 aromatic carbocycles. The van der Waals surface area contributed by atoms with Gasteiger partial charge in [0, 0.05) is 4.47 Å². The number of hydrogen-bond acceptors (Lipinski definition) is 2. The molecule has 98 valence electrons. The molecule has 0 heterocycles. The van der Waals surface area contributed by atoms with E-state index in [1.54, 1.807) is 0 Å². The lowest BCUT2D eigenvalue weighted by Gasteiger charge is -2.13. The molecule has 2 rings (SSSR count). The van der Waals surface area contributed by atoms with Crippen molar-refractivity contribution in [3.05, 3.63) is 27.7 Å². The number of aliphatic imine (C=N–C) groups is 1. The van der Waals surface area contributed by atoms with Gasteiger partial charge in [-0.15, -0.1) is 0 Å². The van der Waals surface area contributed by atoms with E-state index in [-0.39, 0.29) is 0 Å². The largest absolute Gasteiger partial charge is 0.324 e. The molecule has 1 saturated carbocycles. The lowest BCUT2D eigenvalue weighted by molar-refractivity contribution is 0.700. The first-order valence-corrected chi connectivity index (χ1v) is 7.12. The van der Waals surface area contributed by atoms with E-state index in [4.69, 9.17) is 17.4 Å². The third kappa shape index (κ3) is 3.60. The van der Waals surface area contributed by atoms with Gasteiger partial charge in [0.05, 0.1) is 16.8 Å². The maximum absolute atomic E-state index is 6.13. The van der Waals surface area contributed by atoms with Crippen LogP contribution in [0.2, 0.25) is 5.02 Å². The number of nitrogens with one attached hydrogen (secondary N) is 2. The predicted octanol–water partition coefficient (Wildman–Crippen LogP) is 3.28. The lowest BCUT2D eigenvalue weighted by Crippen LogP contribution is -2.37. The van der Waals surface area contributed by atoms with Gasteiger partial charge in [0.1, 0.15) is 0 Å². The van der Waals surface area contributed by atoms with Crippen molar-refractivity contribution in [2.24, 2.45) is 10.8 Å². The first-order valence-electron chi connectivity index (χ1n) is 5.95. The molecule has 4 N–H and O–H groups in total. The molecular weight excluding hydrogens is 316 g/mol. The van der Waals surface area contributed by atoms with Crippen molar-refractivity contribution in [1.29, 1.82) is 0 Å². The fraction of sp³-hybridized carbons (Fsp3) is 0.417. The molecule has 6 heteroatoms. The van der Waals surface area contributed by atoms with E-state index in [9.17, 15) is 0 Å². The molecule has 0 aromatic heterocycles. The second-order valence-electron chi connectivity index (χ2n) is 4.31. The number of nitrogens with zero attached hydrogens (tertiary/aromatic N) is 1. The van der Waals surface area contributed by atoms with Gasteiger partial charge in [0.25, 0.3) is 0 Å². The summed E-state index contributed by atoms with van der Waals surface area (Å²) in [6, 6.07) is 5.98. The molecule has 0 amide bonds. The fourth-order valence-electron chi connectivity index (χ4n) is 2.04. The zero-order valence-electron chi connectivity index (χ0n) is 9.92. The summed E-state index contributed by atoms with van der Waals surface area (Å²) in [4.78, 5) is 4.55. The maximum Gasteiger partial charge on any atom is 0.210 e. The highest BCUT2D eigenvalue weighted by molar-refractivity contribution is 9.10. The van der Waals surface area contributed by atoms with Gasteiger partial charge >= 0.3 is 0 Å². The Balaban J connectivity index is 2.09. The molecule has 0 spiro atoms.